The molecule has 3 N–H and O–H groups in total. The molecule has 0 unspecified atom stereocenters. The fourth-order valence-corrected chi connectivity index (χ4v) is 1.27. The van der Waals surface area contributed by atoms with Gasteiger partial charge in [0.2, 0.25) is 0 Å². The summed E-state index contributed by atoms with van der Waals surface area (Å²) >= 11 is 0. The molecule has 8 nitrogen and oxygen atoms in total. The number of hydrogen-bond acceptors (Lipinski definition) is 5. The van der Waals surface area contributed by atoms with Crippen molar-refractivity contribution in [1.29, 1.82) is 0 Å². The molecule has 8 heteroatoms. The van der Waals surface area contributed by atoms with Gasteiger partial charge in [-0.25, -0.2) is 4.68 Å². The first kappa shape index (κ1) is 10.6. The van der Waals surface area contributed by atoms with Gasteiger partial charge in [-0.3, -0.25) is 9.59 Å². The molecule has 2 rings (SSSR count). The van der Waals surface area contributed by atoms with Crippen molar-refractivity contribution in [3.8, 4) is 0 Å². The van der Waals surface area contributed by atoms with Gasteiger partial charge in [0.1, 0.15) is 6.54 Å². The summed E-state index contributed by atoms with van der Waals surface area (Å²) in [4.78, 5) is 21.6. The second-order valence-corrected chi connectivity index (χ2v) is 3.47. The Bertz CT molecular complexity index is 412. The number of aliphatic carboxylic acids is 1. The van der Waals surface area contributed by atoms with Crippen LogP contribution in [0.5, 0.6) is 0 Å². The van der Waals surface area contributed by atoms with Crippen LogP contribution in [0.15, 0.2) is 6.20 Å². The zero-order valence-electron chi connectivity index (χ0n) is 8.38. The van der Waals surface area contributed by atoms with E-state index in [9.17, 15) is 9.59 Å². The number of aromatic nitrogens is 3. The molecule has 1 amide bonds. The van der Waals surface area contributed by atoms with Gasteiger partial charge in [-0.1, -0.05) is 5.21 Å². The number of rotatable bonds is 4. The minimum absolute atomic E-state index is 0.133. The number of nitrogens with zero attached hydrogens (tertiary/aromatic N) is 3. The highest BCUT2D eigenvalue weighted by atomic mass is 16.4. The predicted molar refractivity (Wildman–Crippen MR) is 51.9 cm³/mol. The summed E-state index contributed by atoms with van der Waals surface area (Å²) in [6.45, 7) is 1.19. The summed E-state index contributed by atoms with van der Waals surface area (Å²) in [5.74, 6) is -1.62. The van der Waals surface area contributed by atoms with Gasteiger partial charge in [0.15, 0.2) is 5.69 Å². The molecule has 1 aromatic heterocycles. The maximum Gasteiger partial charge on any atom is 0.322 e. The molecule has 0 aliphatic carbocycles. The summed E-state index contributed by atoms with van der Waals surface area (Å²) in [7, 11) is 0. The van der Waals surface area contributed by atoms with Gasteiger partial charge in [-0.2, -0.15) is 0 Å². The first-order valence-electron chi connectivity index (χ1n) is 4.79. The Labute approximate surface area is 90.6 Å². The molecule has 0 spiro atoms. The summed E-state index contributed by atoms with van der Waals surface area (Å²) in [5.41, 5.74) is 0.133. The van der Waals surface area contributed by atoms with E-state index < -0.39 is 18.4 Å². The molecule has 2 heterocycles. The average Bonchev–Trinajstić information content (AvgIpc) is 2.60. The Morgan fingerprint density at radius 2 is 2.38 bits per heavy atom. The third kappa shape index (κ3) is 2.16. The van der Waals surface area contributed by atoms with E-state index in [-0.39, 0.29) is 11.7 Å². The van der Waals surface area contributed by atoms with Crippen molar-refractivity contribution >= 4 is 11.9 Å². The minimum Gasteiger partial charge on any atom is -0.480 e. The van der Waals surface area contributed by atoms with E-state index in [4.69, 9.17) is 5.11 Å². The topological polar surface area (TPSA) is 109 Å². The van der Waals surface area contributed by atoms with E-state index in [0.29, 0.717) is 0 Å². The second kappa shape index (κ2) is 4.27. The van der Waals surface area contributed by atoms with Gasteiger partial charge in [0.25, 0.3) is 5.91 Å². The molecule has 0 aromatic carbocycles. The largest absolute Gasteiger partial charge is 0.480 e. The van der Waals surface area contributed by atoms with Crippen LogP contribution in [-0.4, -0.2) is 51.6 Å². The van der Waals surface area contributed by atoms with E-state index >= 15 is 0 Å². The molecule has 86 valence electrons. The Morgan fingerprint density at radius 3 is 2.94 bits per heavy atom. The SMILES string of the molecule is O=C(O)CNC(=O)c1cn(C2CNC2)nn1. The lowest BCUT2D eigenvalue weighted by Crippen LogP contribution is -2.43. The van der Waals surface area contributed by atoms with E-state index in [2.05, 4.69) is 20.9 Å². The van der Waals surface area contributed by atoms with Crippen LogP contribution in [0.2, 0.25) is 0 Å². The smallest absolute Gasteiger partial charge is 0.322 e. The van der Waals surface area contributed by atoms with Crippen LogP contribution in [0.1, 0.15) is 16.5 Å². The molecule has 0 atom stereocenters. The van der Waals surface area contributed by atoms with E-state index in [1.54, 1.807) is 4.68 Å². The van der Waals surface area contributed by atoms with Gasteiger partial charge >= 0.3 is 5.97 Å². The van der Waals surface area contributed by atoms with Gasteiger partial charge < -0.3 is 15.7 Å². The Hall–Kier alpha value is -1.96. The van der Waals surface area contributed by atoms with Crippen molar-refractivity contribution in [3.63, 3.8) is 0 Å². The fourth-order valence-electron chi connectivity index (χ4n) is 1.27. The van der Waals surface area contributed by atoms with E-state index in [1.165, 1.54) is 6.20 Å². The number of carboxylic acids is 1. The molecule has 0 saturated carbocycles. The summed E-state index contributed by atoms with van der Waals surface area (Å²) in [6.07, 6.45) is 1.52. The van der Waals surface area contributed by atoms with Crippen molar-refractivity contribution in [1.82, 2.24) is 25.6 Å². The quantitative estimate of drug-likeness (QED) is 0.560. The maximum atomic E-state index is 11.4. The number of hydrogen-bond donors (Lipinski definition) is 3. The fraction of sp³-hybridized carbons (Fsp3) is 0.500. The lowest BCUT2D eigenvalue weighted by Gasteiger charge is -2.26. The maximum absolute atomic E-state index is 11.4. The van der Waals surface area contributed by atoms with Crippen LogP contribution >= 0.6 is 0 Å². The number of nitrogens with one attached hydrogen (secondary N) is 2. The molecule has 1 aliphatic rings. The first-order chi connectivity index (χ1) is 7.66. The van der Waals surface area contributed by atoms with Crippen LogP contribution in [0.3, 0.4) is 0 Å². The first-order valence-corrected chi connectivity index (χ1v) is 4.79. The molecule has 16 heavy (non-hydrogen) atoms. The third-order valence-electron chi connectivity index (χ3n) is 2.28. The molecular weight excluding hydrogens is 214 g/mol. The average molecular weight is 225 g/mol. The standard InChI is InChI=1S/C8H11N5O3/c14-7(15)3-10-8(16)6-4-13(12-11-6)5-1-9-2-5/h4-5,9H,1-3H2,(H,10,16)(H,14,15). The second-order valence-electron chi connectivity index (χ2n) is 3.47. The van der Waals surface area contributed by atoms with E-state index in [1.807, 2.05) is 0 Å². The van der Waals surface area contributed by atoms with Crippen molar-refractivity contribution < 1.29 is 14.7 Å². The highest BCUT2D eigenvalue weighted by Gasteiger charge is 2.21. The highest BCUT2D eigenvalue weighted by Crippen LogP contribution is 2.09. The van der Waals surface area contributed by atoms with Crippen LogP contribution in [0, 0.1) is 0 Å². The summed E-state index contributed by atoms with van der Waals surface area (Å²) in [5, 5.41) is 21.2. The minimum atomic E-state index is -1.09. The van der Waals surface area contributed by atoms with Crippen LogP contribution < -0.4 is 10.6 Å². The highest BCUT2D eigenvalue weighted by molar-refractivity contribution is 5.93. The van der Waals surface area contributed by atoms with Crippen molar-refractivity contribution in [2.24, 2.45) is 0 Å². The van der Waals surface area contributed by atoms with Gasteiger partial charge in [-0.15, -0.1) is 5.10 Å². The normalized spacial score (nSPS) is 15.5. The number of carbonyl (C=O) groups excluding carboxylic acids is 1. The molecule has 0 radical (unpaired) electrons. The Kier molecular flexibility index (Phi) is 2.82. The van der Waals surface area contributed by atoms with Crippen LogP contribution in [0.25, 0.3) is 0 Å². The summed E-state index contributed by atoms with van der Waals surface area (Å²) in [6, 6.07) is 0.230. The van der Waals surface area contributed by atoms with Crippen LogP contribution in [0.4, 0.5) is 0 Å². The summed E-state index contributed by atoms with van der Waals surface area (Å²) < 4.78 is 1.60. The third-order valence-corrected chi connectivity index (χ3v) is 2.28. The molecule has 1 aromatic rings. The van der Waals surface area contributed by atoms with Gasteiger partial charge in [-0.05, 0) is 0 Å². The zero-order chi connectivity index (χ0) is 11.5. The lowest BCUT2D eigenvalue weighted by molar-refractivity contribution is -0.135. The predicted octanol–water partition coefficient (Wildman–Crippen LogP) is -1.76. The number of carbonyl (C=O) groups is 2. The lowest BCUT2D eigenvalue weighted by atomic mass is 10.2. The van der Waals surface area contributed by atoms with E-state index in [0.717, 1.165) is 13.1 Å². The molecular formula is C8H11N5O3. The Balaban J connectivity index is 1.95. The zero-order valence-corrected chi connectivity index (χ0v) is 8.38. The van der Waals surface area contributed by atoms with Crippen molar-refractivity contribution in [2.45, 2.75) is 6.04 Å². The molecule has 1 fully saturated rings. The van der Waals surface area contributed by atoms with Crippen molar-refractivity contribution in [3.05, 3.63) is 11.9 Å². The molecule has 0 bridgehead atoms. The molecule has 1 saturated heterocycles. The number of amides is 1. The Morgan fingerprint density at radius 1 is 1.62 bits per heavy atom. The number of carboxylic acid groups (broad SMARTS) is 1. The van der Waals surface area contributed by atoms with Crippen LogP contribution in [-0.2, 0) is 4.79 Å². The van der Waals surface area contributed by atoms with Gasteiger partial charge in [0, 0.05) is 13.1 Å². The monoisotopic (exact) mass is 225 g/mol. The van der Waals surface area contributed by atoms with Crippen molar-refractivity contribution in [2.75, 3.05) is 19.6 Å². The van der Waals surface area contributed by atoms with Gasteiger partial charge in [0.05, 0.1) is 12.2 Å². The molecule has 1 aliphatic heterocycles.